The number of esters is 1. The molecule has 0 saturated heterocycles. The number of hydrogen-bond donors (Lipinski definition) is 0. The van der Waals surface area contributed by atoms with Crippen LogP contribution in [0, 0.1) is 20.2 Å². The molecule has 0 bridgehead atoms. The molecule has 108 valence electrons. The van der Waals surface area contributed by atoms with Gasteiger partial charge in [0.2, 0.25) is 6.54 Å². The first-order valence-corrected chi connectivity index (χ1v) is 5.96. The van der Waals surface area contributed by atoms with Gasteiger partial charge in [-0.2, -0.15) is 0 Å². The van der Waals surface area contributed by atoms with Crippen LogP contribution in [0.5, 0.6) is 0 Å². The number of carbonyl (C=O) groups is 1. The number of nitro groups is 2. The van der Waals surface area contributed by atoms with Gasteiger partial charge in [0.25, 0.3) is 5.69 Å². The molecule has 0 spiro atoms. The predicted molar refractivity (Wildman–Crippen MR) is 68.9 cm³/mol. The second kappa shape index (κ2) is 7.17. The molecule has 0 heterocycles. The minimum absolute atomic E-state index is 0.154. The lowest BCUT2D eigenvalue weighted by molar-refractivity contribution is -0.483. The highest BCUT2D eigenvalue weighted by molar-refractivity contribution is 5.71. The third-order valence-corrected chi connectivity index (χ3v) is 2.66. The third kappa shape index (κ3) is 4.30. The van der Waals surface area contributed by atoms with Crippen LogP contribution in [0.25, 0.3) is 0 Å². The first-order chi connectivity index (χ1) is 9.45. The van der Waals surface area contributed by atoms with Crippen LogP contribution < -0.4 is 0 Å². The van der Waals surface area contributed by atoms with Crippen LogP contribution in [-0.2, 0) is 9.53 Å². The van der Waals surface area contributed by atoms with E-state index < -0.39 is 28.3 Å². The average molecular weight is 282 g/mol. The zero-order valence-corrected chi connectivity index (χ0v) is 10.9. The third-order valence-electron chi connectivity index (χ3n) is 2.66. The molecule has 0 aliphatic carbocycles. The van der Waals surface area contributed by atoms with E-state index in [1.165, 1.54) is 18.2 Å². The van der Waals surface area contributed by atoms with Crippen molar-refractivity contribution in [2.24, 2.45) is 0 Å². The Bertz CT molecular complexity index is 516. The Balaban J connectivity index is 3.07. The smallest absolute Gasteiger partial charge is 0.306 e. The van der Waals surface area contributed by atoms with Gasteiger partial charge in [-0.3, -0.25) is 25.0 Å². The molecule has 0 fully saturated rings. The van der Waals surface area contributed by atoms with Crippen LogP contribution >= 0.6 is 0 Å². The molecule has 1 aromatic carbocycles. The van der Waals surface area contributed by atoms with Gasteiger partial charge in [-0.25, -0.2) is 0 Å². The minimum atomic E-state index is -0.884. The van der Waals surface area contributed by atoms with E-state index >= 15 is 0 Å². The summed E-state index contributed by atoms with van der Waals surface area (Å²) >= 11 is 0. The van der Waals surface area contributed by atoms with E-state index in [1.807, 2.05) is 0 Å². The molecular weight excluding hydrogens is 268 g/mol. The van der Waals surface area contributed by atoms with Gasteiger partial charge in [0.05, 0.1) is 23.9 Å². The van der Waals surface area contributed by atoms with Crippen LogP contribution in [0.2, 0.25) is 0 Å². The van der Waals surface area contributed by atoms with Crippen molar-refractivity contribution in [1.82, 2.24) is 0 Å². The molecule has 1 atom stereocenters. The number of nitrogens with zero attached hydrogens (tertiary/aromatic N) is 2. The zero-order valence-electron chi connectivity index (χ0n) is 10.9. The maximum absolute atomic E-state index is 11.5. The number of carbonyl (C=O) groups excluding carboxylic acids is 1. The Morgan fingerprint density at radius 1 is 1.30 bits per heavy atom. The number of rotatable bonds is 7. The molecule has 20 heavy (non-hydrogen) atoms. The molecule has 1 aromatic rings. The highest BCUT2D eigenvalue weighted by Gasteiger charge is 2.28. The quantitative estimate of drug-likeness (QED) is 0.429. The second-order valence-electron chi connectivity index (χ2n) is 4.04. The molecule has 1 rings (SSSR count). The van der Waals surface area contributed by atoms with Gasteiger partial charge in [-0.05, 0) is 6.92 Å². The first kappa shape index (κ1) is 15.5. The second-order valence-corrected chi connectivity index (χ2v) is 4.04. The highest BCUT2D eigenvalue weighted by Crippen LogP contribution is 2.29. The Morgan fingerprint density at radius 2 is 1.95 bits per heavy atom. The van der Waals surface area contributed by atoms with Gasteiger partial charge in [0.1, 0.15) is 0 Å². The van der Waals surface area contributed by atoms with Gasteiger partial charge in [-0.15, -0.1) is 0 Å². The summed E-state index contributed by atoms with van der Waals surface area (Å²) in [6, 6.07) is 5.69. The van der Waals surface area contributed by atoms with E-state index in [9.17, 15) is 25.0 Å². The molecule has 0 saturated carbocycles. The summed E-state index contributed by atoms with van der Waals surface area (Å²) in [5.74, 6) is -1.50. The minimum Gasteiger partial charge on any atom is -0.466 e. The molecule has 1 unspecified atom stereocenters. The van der Waals surface area contributed by atoms with Crippen molar-refractivity contribution in [2.45, 2.75) is 19.3 Å². The summed E-state index contributed by atoms with van der Waals surface area (Å²) in [6.07, 6.45) is -0.264. The van der Waals surface area contributed by atoms with Crippen molar-refractivity contribution in [3.05, 3.63) is 50.1 Å². The Kier molecular flexibility index (Phi) is 5.57. The van der Waals surface area contributed by atoms with Crippen LogP contribution in [0.15, 0.2) is 24.3 Å². The summed E-state index contributed by atoms with van der Waals surface area (Å²) in [4.78, 5) is 31.9. The Labute approximate surface area is 114 Å². The van der Waals surface area contributed by atoms with E-state index in [0.717, 1.165) is 0 Å². The summed E-state index contributed by atoms with van der Waals surface area (Å²) in [5.41, 5.74) is -0.0640. The van der Waals surface area contributed by atoms with Gasteiger partial charge >= 0.3 is 5.97 Å². The maximum Gasteiger partial charge on any atom is 0.306 e. The maximum atomic E-state index is 11.5. The number of benzene rings is 1. The van der Waals surface area contributed by atoms with Crippen molar-refractivity contribution in [2.75, 3.05) is 13.2 Å². The molecule has 0 amide bonds. The predicted octanol–water partition coefficient (Wildman–Crippen LogP) is 1.91. The van der Waals surface area contributed by atoms with E-state index in [0.29, 0.717) is 0 Å². The lowest BCUT2D eigenvalue weighted by atomic mass is 9.94. The molecule has 8 nitrogen and oxygen atoms in total. The van der Waals surface area contributed by atoms with Crippen molar-refractivity contribution < 1.29 is 19.4 Å². The summed E-state index contributed by atoms with van der Waals surface area (Å²) in [7, 11) is 0. The van der Waals surface area contributed by atoms with Crippen LogP contribution in [0.1, 0.15) is 24.8 Å². The average Bonchev–Trinajstić information content (AvgIpc) is 2.37. The fraction of sp³-hybridized carbons (Fsp3) is 0.417. The van der Waals surface area contributed by atoms with Crippen LogP contribution in [0.4, 0.5) is 5.69 Å². The van der Waals surface area contributed by atoms with Gasteiger partial charge in [-0.1, -0.05) is 18.2 Å². The number of ether oxygens (including phenoxy) is 1. The van der Waals surface area contributed by atoms with Gasteiger partial charge < -0.3 is 4.74 Å². The highest BCUT2D eigenvalue weighted by atomic mass is 16.6. The lowest BCUT2D eigenvalue weighted by Crippen LogP contribution is -2.19. The van der Waals surface area contributed by atoms with E-state index in [-0.39, 0.29) is 24.3 Å². The van der Waals surface area contributed by atoms with E-state index in [1.54, 1.807) is 13.0 Å². The number of nitro benzene ring substituents is 1. The SMILES string of the molecule is CCOC(=O)CC(C[N+](=O)[O-])c1ccccc1[N+](=O)[O-]. The topological polar surface area (TPSA) is 113 Å². The summed E-state index contributed by atoms with van der Waals surface area (Å²) < 4.78 is 4.74. The molecule has 8 heteroatoms. The molecule has 0 aliphatic heterocycles. The van der Waals surface area contributed by atoms with E-state index in [2.05, 4.69) is 0 Å². The van der Waals surface area contributed by atoms with Crippen molar-refractivity contribution in [3.63, 3.8) is 0 Å². The molecule has 0 N–H and O–H groups in total. The van der Waals surface area contributed by atoms with Gasteiger partial charge in [0, 0.05) is 16.6 Å². The molecule has 0 aliphatic rings. The zero-order chi connectivity index (χ0) is 15.1. The van der Waals surface area contributed by atoms with E-state index in [4.69, 9.17) is 4.74 Å². The molecular formula is C12H14N2O6. The number of hydrogen-bond acceptors (Lipinski definition) is 6. The van der Waals surface area contributed by atoms with Crippen LogP contribution in [-0.4, -0.2) is 29.0 Å². The Hall–Kier alpha value is -2.51. The van der Waals surface area contributed by atoms with Crippen molar-refractivity contribution >= 4 is 11.7 Å². The van der Waals surface area contributed by atoms with Crippen molar-refractivity contribution in [3.8, 4) is 0 Å². The van der Waals surface area contributed by atoms with Crippen LogP contribution in [0.3, 0.4) is 0 Å². The normalized spacial score (nSPS) is 11.7. The lowest BCUT2D eigenvalue weighted by Gasteiger charge is -2.12. The molecule has 0 aromatic heterocycles. The first-order valence-electron chi connectivity index (χ1n) is 5.96. The number of para-hydroxylation sites is 1. The monoisotopic (exact) mass is 282 g/mol. The summed E-state index contributed by atoms with van der Waals surface area (Å²) in [6.45, 7) is 1.20. The largest absolute Gasteiger partial charge is 0.466 e. The Morgan fingerprint density at radius 3 is 2.50 bits per heavy atom. The van der Waals surface area contributed by atoms with Gasteiger partial charge in [0.15, 0.2) is 0 Å². The standard InChI is InChI=1S/C12H14N2O6/c1-2-20-12(15)7-9(8-13(16)17)10-5-3-4-6-11(10)14(18)19/h3-6,9H,2,7-8H2,1H3. The molecule has 0 radical (unpaired) electrons. The van der Waals surface area contributed by atoms with Crippen molar-refractivity contribution in [1.29, 1.82) is 0 Å². The fourth-order valence-electron chi connectivity index (χ4n) is 1.87. The summed E-state index contributed by atoms with van der Waals surface area (Å²) in [5, 5.41) is 21.6. The fourth-order valence-corrected chi connectivity index (χ4v) is 1.87.